The van der Waals surface area contributed by atoms with Crippen LogP contribution in [-0.2, 0) is 37.3 Å². The maximum Gasteiger partial charge on any atom is 0.135 e. The van der Waals surface area contributed by atoms with Gasteiger partial charge in [-0.3, -0.25) is 0 Å². The normalized spacial score (nSPS) is 13.2. The summed E-state index contributed by atoms with van der Waals surface area (Å²) in [6, 6.07) is 58.0. The smallest absolute Gasteiger partial charge is 0.135 e. The summed E-state index contributed by atoms with van der Waals surface area (Å²) in [5.41, 5.74) is 12.9. The van der Waals surface area contributed by atoms with Gasteiger partial charge in [0.25, 0.3) is 0 Å². The summed E-state index contributed by atoms with van der Waals surface area (Å²) in [6.45, 7) is 22.6. The van der Waals surface area contributed by atoms with Crippen molar-refractivity contribution in [2.75, 3.05) is 14.7 Å². The van der Waals surface area contributed by atoms with Gasteiger partial charge in [0.15, 0.2) is 0 Å². The van der Waals surface area contributed by atoms with Crippen LogP contribution in [0.15, 0.2) is 146 Å². The SMILES string of the molecule is CC(C)(C)c1cc(N2[CH-]N(c3cccc(C(C)(C)C)c3)c3ccccc32)[c-]c(N(c2[c-]c3c(cc2)c2ccccc2n3-c2cc(C(C)(C)C)ccn2)c2ccccc2)c1.[Pt]. The van der Waals surface area contributed by atoms with Crippen molar-refractivity contribution in [1.29, 1.82) is 0 Å². The Morgan fingerprint density at radius 3 is 1.90 bits per heavy atom. The number of hydrogen-bond donors (Lipinski definition) is 0. The Morgan fingerprint density at radius 2 is 1.18 bits per heavy atom. The second kappa shape index (κ2) is 15.4. The average Bonchev–Trinajstić information content (AvgIpc) is 3.77. The van der Waals surface area contributed by atoms with Crippen molar-refractivity contribution >= 4 is 61.6 Å². The van der Waals surface area contributed by atoms with Crippen LogP contribution in [0.1, 0.15) is 79.0 Å². The third kappa shape index (κ3) is 7.54. The molecular formula is C54H52N5Pt-3. The van der Waals surface area contributed by atoms with Crippen molar-refractivity contribution in [2.24, 2.45) is 0 Å². The maximum absolute atomic E-state index is 4.95. The molecule has 1 aliphatic heterocycles. The van der Waals surface area contributed by atoms with E-state index in [4.69, 9.17) is 4.98 Å². The van der Waals surface area contributed by atoms with Crippen LogP contribution in [0, 0.1) is 18.8 Å². The Morgan fingerprint density at radius 1 is 0.533 bits per heavy atom. The summed E-state index contributed by atoms with van der Waals surface area (Å²) in [4.78, 5) is 11.8. The summed E-state index contributed by atoms with van der Waals surface area (Å²) >= 11 is 0. The van der Waals surface area contributed by atoms with Gasteiger partial charge in [-0.2, -0.15) is 6.07 Å². The van der Waals surface area contributed by atoms with E-state index < -0.39 is 0 Å². The van der Waals surface area contributed by atoms with E-state index >= 15 is 0 Å². The van der Waals surface area contributed by atoms with Crippen LogP contribution in [0.3, 0.4) is 0 Å². The molecule has 0 aliphatic carbocycles. The Balaban J connectivity index is 0.00000499. The first kappa shape index (κ1) is 41.1. The first-order valence-corrected chi connectivity index (χ1v) is 20.6. The van der Waals surface area contributed by atoms with Crippen molar-refractivity contribution < 1.29 is 21.1 Å². The number of nitrogens with zero attached hydrogens (tertiary/aromatic N) is 5. The molecule has 3 heterocycles. The van der Waals surface area contributed by atoms with Crippen molar-refractivity contribution in [3.8, 4) is 5.82 Å². The first-order valence-electron chi connectivity index (χ1n) is 20.6. The van der Waals surface area contributed by atoms with Gasteiger partial charge < -0.3 is 19.3 Å². The van der Waals surface area contributed by atoms with Crippen LogP contribution in [0.2, 0.25) is 0 Å². The monoisotopic (exact) mass is 965 g/mol. The molecule has 0 fully saturated rings. The van der Waals surface area contributed by atoms with Crippen molar-refractivity contribution in [3.63, 3.8) is 0 Å². The molecule has 0 radical (unpaired) electrons. The van der Waals surface area contributed by atoms with E-state index in [-0.39, 0.29) is 37.3 Å². The first-order chi connectivity index (χ1) is 28.1. The Labute approximate surface area is 370 Å². The van der Waals surface area contributed by atoms with Gasteiger partial charge in [-0.15, -0.1) is 53.6 Å². The number of benzene rings is 6. The molecule has 8 aromatic rings. The number of anilines is 7. The van der Waals surface area contributed by atoms with Gasteiger partial charge in [0.1, 0.15) is 5.82 Å². The van der Waals surface area contributed by atoms with E-state index in [1.54, 1.807) is 0 Å². The molecule has 9 rings (SSSR count). The van der Waals surface area contributed by atoms with Gasteiger partial charge in [-0.1, -0.05) is 140 Å². The molecule has 0 saturated carbocycles. The third-order valence-corrected chi connectivity index (χ3v) is 11.5. The zero-order valence-corrected chi connectivity index (χ0v) is 38.3. The summed E-state index contributed by atoms with van der Waals surface area (Å²) in [5.74, 6) is 0.882. The van der Waals surface area contributed by atoms with E-state index in [9.17, 15) is 0 Å². The van der Waals surface area contributed by atoms with E-state index in [1.165, 1.54) is 22.1 Å². The Kier molecular flexibility index (Phi) is 10.6. The fraction of sp³-hybridized carbons (Fsp3) is 0.222. The minimum absolute atomic E-state index is 0. The number of pyridine rings is 1. The van der Waals surface area contributed by atoms with Gasteiger partial charge in [0, 0.05) is 55.5 Å². The van der Waals surface area contributed by atoms with Crippen LogP contribution < -0.4 is 14.7 Å². The average molecular weight is 966 g/mol. The summed E-state index contributed by atoms with van der Waals surface area (Å²) in [7, 11) is 0. The summed E-state index contributed by atoms with van der Waals surface area (Å²) in [5, 5.41) is 2.30. The Bertz CT molecular complexity index is 2840. The standard InChI is InChI=1S/C54H52N5.Pt/c1-52(2,3)37-18-17-21-41(30-37)56-36-57(49-25-16-15-24-48(49)56)43-31-39(54(7,8)9)32-44(34-43)58(40-19-11-10-12-20-40)42-26-27-46-45-22-13-14-23-47(45)59(50(46)35-42)51-33-38(28-29-55-51)53(4,5)6;/h10-33,36H,1-9H3;/q-3;. The summed E-state index contributed by atoms with van der Waals surface area (Å²) in [6.07, 6.45) is 1.93. The maximum atomic E-state index is 4.95. The fourth-order valence-corrected chi connectivity index (χ4v) is 8.10. The molecular weight excluding hydrogens is 914 g/mol. The third-order valence-electron chi connectivity index (χ3n) is 11.5. The summed E-state index contributed by atoms with van der Waals surface area (Å²) < 4.78 is 2.27. The molecule has 0 amide bonds. The largest absolute Gasteiger partial charge is 0.493 e. The molecule has 5 nitrogen and oxygen atoms in total. The molecule has 60 heavy (non-hydrogen) atoms. The van der Waals surface area contributed by atoms with Crippen LogP contribution in [0.5, 0.6) is 0 Å². The van der Waals surface area contributed by atoms with Crippen molar-refractivity contribution in [2.45, 2.75) is 78.6 Å². The number of rotatable bonds is 6. The fourth-order valence-electron chi connectivity index (χ4n) is 8.10. The van der Waals surface area contributed by atoms with Gasteiger partial charge in [0.2, 0.25) is 0 Å². The number of aromatic nitrogens is 2. The molecule has 1 aliphatic rings. The second-order valence-electron chi connectivity index (χ2n) is 18.8. The van der Waals surface area contributed by atoms with Crippen LogP contribution in [-0.4, -0.2) is 9.55 Å². The molecule has 0 atom stereocenters. The topological polar surface area (TPSA) is 27.5 Å². The number of fused-ring (bicyclic) bond motifs is 4. The van der Waals surface area contributed by atoms with E-state index in [0.29, 0.717) is 0 Å². The predicted molar refractivity (Wildman–Crippen MR) is 248 cm³/mol. The second-order valence-corrected chi connectivity index (χ2v) is 18.8. The van der Waals surface area contributed by atoms with Crippen LogP contribution >= 0.6 is 0 Å². The molecule has 0 bridgehead atoms. The van der Waals surface area contributed by atoms with Gasteiger partial charge in [0.05, 0.1) is 0 Å². The van der Waals surface area contributed by atoms with E-state index in [1.807, 2.05) is 6.20 Å². The molecule has 0 spiro atoms. The molecule has 306 valence electrons. The van der Waals surface area contributed by atoms with Crippen LogP contribution in [0.25, 0.3) is 27.6 Å². The molecule has 6 heteroatoms. The van der Waals surface area contributed by atoms with Crippen LogP contribution in [0.4, 0.5) is 39.8 Å². The quantitative estimate of drug-likeness (QED) is 0.155. The van der Waals surface area contributed by atoms with Gasteiger partial charge in [-0.05, 0) is 87.4 Å². The van der Waals surface area contributed by atoms with E-state index in [0.717, 1.165) is 62.0 Å². The molecule has 6 aromatic carbocycles. The molecule has 0 N–H and O–H groups in total. The van der Waals surface area contributed by atoms with E-state index in [2.05, 4.69) is 240 Å². The zero-order chi connectivity index (χ0) is 41.3. The molecule has 2 aromatic heterocycles. The number of hydrogen-bond acceptors (Lipinski definition) is 4. The van der Waals surface area contributed by atoms with Gasteiger partial charge in [-0.25, -0.2) is 4.98 Å². The minimum Gasteiger partial charge on any atom is -0.493 e. The molecule has 0 unspecified atom stereocenters. The Hall–Kier alpha value is -5.64. The number of para-hydroxylation sites is 4. The minimum atomic E-state index is -0.148. The van der Waals surface area contributed by atoms with Gasteiger partial charge >= 0.3 is 0 Å². The predicted octanol–water partition coefficient (Wildman–Crippen LogP) is 14.5. The molecule has 0 saturated heterocycles. The van der Waals surface area contributed by atoms with Crippen molar-refractivity contribution in [3.05, 3.63) is 181 Å². The zero-order valence-electron chi connectivity index (χ0n) is 36.0. The van der Waals surface area contributed by atoms with Crippen molar-refractivity contribution in [1.82, 2.24) is 9.55 Å².